The third kappa shape index (κ3) is 3.55. The van der Waals surface area contributed by atoms with Crippen LogP contribution in [0.15, 0.2) is 55.1 Å². The maximum absolute atomic E-state index is 14.4. The number of nitrogens with zero attached hydrogens (tertiary/aromatic N) is 3. The lowest BCUT2D eigenvalue weighted by atomic mass is 9.78. The van der Waals surface area contributed by atoms with Crippen LogP contribution >= 0.6 is 11.6 Å². The van der Waals surface area contributed by atoms with Crippen LogP contribution in [0.3, 0.4) is 0 Å². The zero-order valence-corrected chi connectivity index (χ0v) is 14.2. The van der Waals surface area contributed by atoms with Gasteiger partial charge in [0.05, 0.1) is 6.54 Å². The molecule has 2 atom stereocenters. The molecule has 130 valence electrons. The highest BCUT2D eigenvalue weighted by molar-refractivity contribution is 6.30. The molecule has 0 radical (unpaired) electrons. The Labute approximate surface area is 148 Å². The van der Waals surface area contributed by atoms with Gasteiger partial charge in [0, 0.05) is 22.6 Å². The van der Waals surface area contributed by atoms with Crippen molar-refractivity contribution < 1.29 is 13.9 Å². The van der Waals surface area contributed by atoms with Crippen molar-refractivity contribution in [1.29, 1.82) is 0 Å². The van der Waals surface area contributed by atoms with Gasteiger partial charge in [0.15, 0.2) is 0 Å². The molecule has 4 nitrogen and oxygen atoms in total. The molecule has 2 unspecified atom stereocenters. The van der Waals surface area contributed by atoms with Gasteiger partial charge in [-0.2, -0.15) is 5.10 Å². The monoisotopic (exact) mass is 363 g/mol. The van der Waals surface area contributed by atoms with Crippen LogP contribution in [0, 0.1) is 11.6 Å². The van der Waals surface area contributed by atoms with Crippen LogP contribution in [0.5, 0.6) is 0 Å². The van der Waals surface area contributed by atoms with Gasteiger partial charge in [0.1, 0.15) is 29.9 Å². The normalized spacial score (nSPS) is 14.9. The van der Waals surface area contributed by atoms with Gasteiger partial charge in [0.25, 0.3) is 0 Å². The largest absolute Gasteiger partial charge is 0.382 e. The number of benzene rings is 2. The van der Waals surface area contributed by atoms with E-state index in [9.17, 15) is 13.9 Å². The lowest BCUT2D eigenvalue weighted by Crippen LogP contribution is -2.38. The van der Waals surface area contributed by atoms with Crippen molar-refractivity contribution in [2.45, 2.75) is 25.0 Å². The van der Waals surface area contributed by atoms with Crippen molar-refractivity contribution in [3.05, 3.63) is 82.9 Å². The zero-order valence-electron chi connectivity index (χ0n) is 13.4. The summed E-state index contributed by atoms with van der Waals surface area (Å²) in [6.45, 7) is 1.72. The minimum Gasteiger partial charge on any atom is -0.382 e. The van der Waals surface area contributed by atoms with Gasteiger partial charge in [-0.05, 0) is 23.8 Å². The molecule has 0 saturated heterocycles. The third-order valence-corrected chi connectivity index (χ3v) is 4.61. The fourth-order valence-corrected chi connectivity index (χ4v) is 3.01. The highest BCUT2D eigenvalue weighted by atomic mass is 35.5. The van der Waals surface area contributed by atoms with Crippen LogP contribution in [-0.2, 0) is 12.1 Å². The number of hydrogen-bond donors (Lipinski definition) is 1. The van der Waals surface area contributed by atoms with Crippen LogP contribution < -0.4 is 0 Å². The average molecular weight is 364 g/mol. The van der Waals surface area contributed by atoms with E-state index in [1.54, 1.807) is 31.2 Å². The molecule has 0 aliphatic rings. The highest BCUT2D eigenvalue weighted by Gasteiger charge is 2.39. The maximum atomic E-state index is 14.4. The second kappa shape index (κ2) is 6.90. The van der Waals surface area contributed by atoms with Crippen LogP contribution in [0.1, 0.15) is 24.0 Å². The Morgan fingerprint density at radius 2 is 1.92 bits per heavy atom. The fourth-order valence-electron chi connectivity index (χ4n) is 2.88. The van der Waals surface area contributed by atoms with Crippen molar-refractivity contribution in [3.63, 3.8) is 0 Å². The minimum atomic E-state index is -1.67. The second-order valence-corrected chi connectivity index (χ2v) is 6.35. The molecule has 1 heterocycles. The predicted molar refractivity (Wildman–Crippen MR) is 90.1 cm³/mol. The first-order chi connectivity index (χ1) is 11.9. The lowest BCUT2D eigenvalue weighted by molar-refractivity contribution is -0.0112. The summed E-state index contributed by atoms with van der Waals surface area (Å²) in [6.07, 6.45) is 2.76. The van der Waals surface area contributed by atoms with Crippen LogP contribution in [-0.4, -0.2) is 19.9 Å². The van der Waals surface area contributed by atoms with E-state index in [0.717, 1.165) is 17.7 Å². The van der Waals surface area contributed by atoms with E-state index >= 15 is 0 Å². The number of aromatic nitrogens is 3. The molecule has 0 aliphatic carbocycles. The van der Waals surface area contributed by atoms with Gasteiger partial charge in [-0.1, -0.05) is 36.7 Å². The first kappa shape index (κ1) is 17.5. The van der Waals surface area contributed by atoms with Crippen LogP contribution in [0.4, 0.5) is 8.78 Å². The molecule has 0 bridgehead atoms. The molecule has 0 spiro atoms. The van der Waals surface area contributed by atoms with E-state index in [1.165, 1.54) is 23.4 Å². The summed E-state index contributed by atoms with van der Waals surface area (Å²) < 4.78 is 29.2. The van der Waals surface area contributed by atoms with Crippen molar-refractivity contribution in [3.8, 4) is 0 Å². The summed E-state index contributed by atoms with van der Waals surface area (Å²) in [7, 11) is 0. The van der Waals surface area contributed by atoms with Gasteiger partial charge in [-0.25, -0.2) is 18.4 Å². The van der Waals surface area contributed by atoms with E-state index in [2.05, 4.69) is 10.1 Å². The molecule has 2 aromatic carbocycles. The van der Waals surface area contributed by atoms with Crippen molar-refractivity contribution in [2.24, 2.45) is 0 Å². The molecule has 0 aliphatic heterocycles. The number of aliphatic hydroxyl groups is 1. The van der Waals surface area contributed by atoms with E-state index in [1.807, 2.05) is 0 Å². The Morgan fingerprint density at radius 1 is 1.20 bits per heavy atom. The summed E-state index contributed by atoms with van der Waals surface area (Å²) in [4.78, 5) is 3.85. The second-order valence-electron chi connectivity index (χ2n) is 5.91. The molecule has 3 aromatic rings. The first-order valence-electron chi connectivity index (χ1n) is 7.66. The van der Waals surface area contributed by atoms with Crippen molar-refractivity contribution in [1.82, 2.24) is 14.8 Å². The Kier molecular flexibility index (Phi) is 4.83. The molecule has 3 rings (SSSR count). The Morgan fingerprint density at radius 3 is 2.52 bits per heavy atom. The molecule has 7 heteroatoms. The summed E-state index contributed by atoms with van der Waals surface area (Å²) in [6, 6.07) is 10.1. The standard InChI is InChI=1S/C18H16ClF2N3O/c1-12(13-2-4-14(19)5-3-13)18(25,9-24-11-22-10-23-24)16-7-6-15(20)8-17(16)21/h2-8,10-12,25H,9H2,1H3. The fraction of sp³-hybridized carbons (Fsp3) is 0.222. The van der Waals surface area contributed by atoms with E-state index in [0.29, 0.717) is 5.02 Å². The molecule has 0 saturated carbocycles. The number of halogens is 3. The summed E-state index contributed by atoms with van der Waals surface area (Å²) in [5, 5.41) is 16.0. The Bertz CT molecular complexity index is 855. The molecule has 1 aromatic heterocycles. The quantitative estimate of drug-likeness (QED) is 0.748. The molecule has 25 heavy (non-hydrogen) atoms. The zero-order chi connectivity index (χ0) is 18.0. The SMILES string of the molecule is CC(c1ccc(Cl)cc1)C(O)(Cn1cncn1)c1ccc(F)cc1F. The van der Waals surface area contributed by atoms with E-state index in [-0.39, 0.29) is 12.1 Å². The first-order valence-corrected chi connectivity index (χ1v) is 8.04. The van der Waals surface area contributed by atoms with Crippen molar-refractivity contribution >= 4 is 11.6 Å². The van der Waals surface area contributed by atoms with Gasteiger partial charge in [-0.3, -0.25) is 0 Å². The lowest BCUT2D eigenvalue weighted by Gasteiger charge is -2.35. The topological polar surface area (TPSA) is 50.9 Å². The average Bonchev–Trinajstić information content (AvgIpc) is 3.07. The van der Waals surface area contributed by atoms with Gasteiger partial charge >= 0.3 is 0 Å². The predicted octanol–water partition coefficient (Wildman–Crippen LogP) is 3.90. The van der Waals surface area contributed by atoms with E-state index in [4.69, 9.17) is 11.6 Å². The molecule has 1 N–H and O–H groups in total. The summed E-state index contributed by atoms with van der Waals surface area (Å²) in [5.41, 5.74) is -0.915. The van der Waals surface area contributed by atoms with Gasteiger partial charge in [-0.15, -0.1) is 0 Å². The Hall–Kier alpha value is -2.31. The third-order valence-electron chi connectivity index (χ3n) is 4.35. The van der Waals surface area contributed by atoms with Gasteiger partial charge < -0.3 is 5.11 Å². The van der Waals surface area contributed by atoms with E-state index < -0.39 is 23.2 Å². The number of hydrogen-bond acceptors (Lipinski definition) is 3. The van der Waals surface area contributed by atoms with Gasteiger partial charge in [0.2, 0.25) is 0 Å². The number of rotatable bonds is 5. The smallest absolute Gasteiger partial charge is 0.137 e. The molecule has 0 fully saturated rings. The summed E-state index contributed by atoms with van der Waals surface area (Å²) in [5.74, 6) is -2.04. The van der Waals surface area contributed by atoms with Crippen LogP contribution in [0.25, 0.3) is 0 Å². The molecular formula is C18H16ClF2N3O. The van der Waals surface area contributed by atoms with Crippen LogP contribution in [0.2, 0.25) is 5.02 Å². The minimum absolute atomic E-state index is 0.00755. The van der Waals surface area contributed by atoms with Crippen molar-refractivity contribution in [2.75, 3.05) is 0 Å². The highest BCUT2D eigenvalue weighted by Crippen LogP contribution is 2.39. The Balaban J connectivity index is 2.09. The molecule has 0 amide bonds. The molecular weight excluding hydrogens is 348 g/mol. The maximum Gasteiger partial charge on any atom is 0.137 e. The summed E-state index contributed by atoms with van der Waals surface area (Å²) >= 11 is 5.92.